The summed E-state index contributed by atoms with van der Waals surface area (Å²) in [6.07, 6.45) is 0. The maximum absolute atomic E-state index is 5.76. The van der Waals surface area contributed by atoms with Crippen molar-refractivity contribution in [2.24, 2.45) is 0 Å². The molecule has 0 saturated carbocycles. The number of nitrogens with zero attached hydrogens (tertiary/aromatic N) is 2. The summed E-state index contributed by atoms with van der Waals surface area (Å²) in [6, 6.07) is 9.98. The van der Waals surface area contributed by atoms with Gasteiger partial charge in [0.2, 0.25) is 0 Å². The van der Waals surface area contributed by atoms with Crippen molar-refractivity contribution in [3.05, 3.63) is 30.3 Å². The molecule has 0 unspecified atom stereocenters. The summed E-state index contributed by atoms with van der Waals surface area (Å²) in [4.78, 5) is 6.85. The molecular weight excluding hydrogens is 198 g/mol. The molecule has 0 saturated heterocycles. The smallest absolute Gasteiger partial charge is 0.129 e. The van der Waals surface area contributed by atoms with E-state index in [4.69, 9.17) is 5.73 Å². The first kappa shape index (κ1) is 10.7. The molecule has 0 radical (unpaired) electrons. The van der Waals surface area contributed by atoms with Gasteiger partial charge in [0.1, 0.15) is 5.82 Å². The highest BCUT2D eigenvalue weighted by atomic mass is 15.2. The Kier molecular flexibility index (Phi) is 2.95. The molecule has 0 bridgehead atoms. The predicted molar refractivity (Wildman–Crippen MR) is 69.7 cm³/mol. The summed E-state index contributed by atoms with van der Waals surface area (Å²) in [5.41, 5.74) is 7.48. The fraction of sp³-hybridized carbons (Fsp3) is 0.308. The standard InChI is InChI=1S/C13H17N3/c1-3-16(4-2)13-8-6-10-5-7-11(14)9-12(10)15-13/h5-9H,3-4,14H2,1-2H3. The highest BCUT2D eigenvalue weighted by Crippen LogP contribution is 2.19. The van der Waals surface area contributed by atoms with Gasteiger partial charge >= 0.3 is 0 Å². The van der Waals surface area contributed by atoms with Gasteiger partial charge in [-0.2, -0.15) is 0 Å². The summed E-state index contributed by atoms with van der Waals surface area (Å²) < 4.78 is 0. The zero-order valence-electron chi connectivity index (χ0n) is 9.77. The molecule has 0 atom stereocenters. The Bertz CT molecular complexity index is 490. The number of nitrogen functional groups attached to an aromatic ring is 1. The van der Waals surface area contributed by atoms with Crippen molar-refractivity contribution < 1.29 is 0 Å². The Balaban J connectivity index is 2.49. The Morgan fingerprint density at radius 3 is 2.50 bits per heavy atom. The number of rotatable bonds is 3. The van der Waals surface area contributed by atoms with Crippen LogP contribution in [0.15, 0.2) is 30.3 Å². The van der Waals surface area contributed by atoms with Gasteiger partial charge in [0.05, 0.1) is 5.52 Å². The first-order chi connectivity index (χ1) is 7.74. The lowest BCUT2D eigenvalue weighted by Gasteiger charge is -2.19. The topological polar surface area (TPSA) is 42.1 Å². The Hall–Kier alpha value is -1.77. The van der Waals surface area contributed by atoms with Crippen molar-refractivity contribution in [3.63, 3.8) is 0 Å². The second kappa shape index (κ2) is 4.39. The van der Waals surface area contributed by atoms with Crippen LogP contribution in [0.2, 0.25) is 0 Å². The zero-order chi connectivity index (χ0) is 11.5. The SMILES string of the molecule is CCN(CC)c1ccc2ccc(N)cc2n1. The van der Waals surface area contributed by atoms with E-state index < -0.39 is 0 Å². The number of anilines is 2. The van der Waals surface area contributed by atoms with Gasteiger partial charge in [-0.25, -0.2) is 4.98 Å². The molecule has 0 aliphatic rings. The van der Waals surface area contributed by atoms with E-state index in [9.17, 15) is 0 Å². The van der Waals surface area contributed by atoms with Crippen LogP contribution in [0.4, 0.5) is 11.5 Å². The second-order valence-electron chi connectivity index (χ2n) is 3.79. The average Bonchev–Trinajstić information content (AvgIpc) is 2.30. The third-order valence-corrected chi connectivity index (χ3v) is 2.79. The first-order valence-electron chi connectivity index (χ1n) is 5.65. The van der Waals surface area contributed by atoms with Crippen LogP contribution in [-0.2, 0) is 0 Å². The lowest BCUT2D eigenvalue weighted by molar-refractivity contribution is 0.850. The number of fused-ring (bicyclic) bond motifs is 1. The molecule has 0 aliphatic carbocycles. The van der Waals surface area contributed by atoms with Crippen molar-refractivity contribution in [2.45, 2.75) is 13.8 Å². The van der Waals surface area contributed by atoms with Gasteiger partial charge in [0, 0.05) is 24.2 Å². The minimum Gasteiger partial charge on any atom is -0.399 e. The molecule has 2 aromatic rings. The van der Waals surface area contributed by atoms with E-state index in [1.165, 1.54) is 0 Å². The van der Waals surface area contributed by atoms with Gasteiger partial charge in [-0.15, -0.1) is 0 Å². The molecular formula is C13H17N3. The van der Waals surface area contributed by atoms with Gasteiger partial charge in [-0.1, -0.05) is 6.07 Å². The van der Waals surface area contributed by atoms with Gasteiger partial charge in [0.15, 0.2) is 0 Å². The van der Waals surface area contributed by atoms with E-state index in [0.29, 0.717) is 0 Å². The number of aromatic nitrogens is 1. The van der Waals surface area contributed by atoms with Crippen LogP contribution in [0.5, 0.6) is 0 Å². The molecule has 0 spiro atoms. The quantitative estimate of drug-likeness (QED) is 0.800. The van der Waals surface area contributed by atoms with E-state index in [0.717, 1.165) is 35.5 Å². The number of nitrogens with two attached hydrogens (primary N) is 1. The van der Waals surface area contributed by atoms with Crippen LogP contribution >= 0.6 is 0 Å². The Labute approximate surface area is 95.9 Å². The number of benzene rings is 1. The molecule has 1 heterocycles. The summed E-state index contributed by atoms with van der Waals surface area (Å²) in [7, 11) is 0. The predicted octanol–water partition coefficient (Wildman–Crippen LogP) is 2.66. The van der Waals surface area contributed by atoms with Gasteiger partial charge < -0.3 is 10.6 Å². The van der Waals surface area contributed by atoms with Crippen molar-refractivity contribution in [2.75, 3.05) is 23.7 Å². The van der Waals surface area contributed by atoms with E-state index >= 15 is 0 Å². The van der Waals surface area contributed by atoms with E-state index in [1.54, 1.807) is 0 Å². The highest BCUT2D eigenvalue weighted by molar-refractivity contribution is 5.83. The van der Waals surface area contributed by atoms with E-state index in [1.807, 2.05) is 18.2 Å². The molecule has 0 aliphatic heterocycles. The van der Waals surface area contributed by atoms with E-state index in [2.05, 4.69) is 35.9 Å². The van der Waals surface area contributed by atoms with Crippen molar-refractivity contribution in [1.82, 2.24) is 4.98 Å². The minimum atomic E-state index is 0.761. The van der Waals surface area contributed by atoms with Crippen LogP contribution in [0.3, 0.4) is 0 Å². The molecule has 0 amide bonds. The fourth-order valence-corrected chi connectivity index (χ4v) is 1.85. The lowest BCUT2D eigenvalue weighted by atomic mass is 10.2. The molecule has 2 N–H and O–H groups in total. The number of hydrogen-bond acceptors (Lipinski definition) is 3. The molecule has 0 fully saturated rings. The maximum atomic E-state index is 5.76. The molecule has 16 heavy (non-hydrogen) atoms. The normalized spacial score (nSPS) is 10.6. The zero-order valence-corrected chi connectivity index (χ0v) is 9.77. The Morgan fingerprint density at radius 2 is 1.81 bits per heavy atom. The van der Waals surface area contributed by atoms with E-state index in [-0.39, 0.29) is 0 Å². The van der Waals surface area contributed by atoms with Gasteiger partial charge in [0.25, 0.3) is 0 Å². The van der Waals surface area contributed by atoms with Crippen LogP contribution in [0.25, 0.3) is 10.9 Å². The summed E-state index contributed by atoms with van der Waals surface area (Å²) >= 11 is 0. The van der Waals surface area contributed by atoms with Crippen LogP contribution < -0.4 is 10.6 Å². The molecule has 2 rings (SSSR count). The van der Waals surface area contributed by atoms with Crippen LogP contribution in [0, 0.1) is 0 Å². The molecule has 1 aromatic carbocycles. The maximum Gasteiger partial charge on any atom is 0.129 e. The van der Waals surface area contributed by atoms with Crippen molar-refractivity contribution in [1.29, 1.82) is 0 Å². The lowest BCUT2D eigenvalue weighted by Crippen LogP contribution is -2.22. The summed E-state index contributed by atoms with van der Waals surface area (Å²) in [5.74, 6) is 1.02. The van der Waals surface area contributed by atoms with Crippen molar-refractivity contribution >= 4 is 22.4 Å². The molecule has 84 valence electrons. The number of hydrogen-bond donors (Lipinski definition) is 1. The minimum absolute atomic E-state index is 0.761. The van der Waals surface area contributed by atoms with Crippen molar-refractivity contribution in [3.8, 4) is 0 Å². The summed E-state index contributed by atoms with van der Waals surface area (Å²) in [5, 5.41) is 1.13. The molecule has 1 aromatic heterocycles. The number of pyridine rings is 1. The molecule has 3 nitrogen and oxygen atoms in total. The average molecular weight is 215 g/mol. The van der Waals surface area contributed by atoms with Crippen LogP contribution in [0.1, 0.15) is 13.8 Å². The Morgan fingerprint density at radius 1 is 1.12 bits per heavy atom. The third kappa shape index (κ3) is 1.94. The highest BCUT2D eigenvalue weighted by Gasteiger charge is 2.04. The molecule has 3 heteroatoms. The van der Waals surface area contributed by atoms with Gasteiger partial charge in [-0.05, 0) is 38.1 Å². The monoisotopic (exact) mass is 215 g/mol. The van der Waals surface area contributed by atoms with Gasteiger partial charge in [-0.3, -0.25) is 0 Å². The largest absolute Gasteiger partial charge is 0.399 e. The second-order valence-corrected chi connectivity index (χ2v) is 3.79. The van der Waals surface area contributed by atoms with Crippen LogP contribution in [-0.4, -0.2) is 18.1 Å². The first-order valence-corrected chi connectivity index (χ1v) is 5.65. The third-order valence-electron chi connectivity index (χ3n) is 2.79. The summed E-state index contributed by atoms with van der Waals surface area (Å²) in [6.45, 7) is 6.21. The fourth-order valence-electron chi connectivity index (χ4n) is 1.85.